The van der Waals surface area contributed by atoms with E-state index in [0.717, 1.165) is 4.31 Å². The van der Waals surface area contributed by atoms with Gasteiger partial charge in [0.1, 0.15) is 12.6 Å². The van der Waals surface area contributed by atoms with Crippen LogP contribution < -0.4 is 9.62 Å². The molecule has 7 nitrogen and oxygen atoms in total. The fourth-order valence-electron chi connectivity index (χ4n) is 3.73. The minimum Gasteiger partial charge on any atom is -0.350 e. The van der Waals surface area contributed by atoms with Gasteiger partial charge in [0.25, 0.3) is 10.0 Å². The number of benzene rings is 3. The monoisotopic (exact) mass is 575 g/mol. The van der Waals surface area contributed by atoms with Crippen molar-refractivity contribution in [1.29, 1.82) is 0 Å². The third-order valence-electron chi connectivity index (χ3n) is 5.66. The molecule has 0 aliphatic heterocycles. The second-order valence-corrected chi connectivity index (χ2v) is 12.5. The van der Waals surface area contributed by atoms with Crippen LogP contribution in [0.15, 0.2) is 83.8 Å². The number of nitrogens with one attached hydrogen (secondary N) is 1. The normalized spacial score (nSPS) is 12.5. The van der Waals surface area contributed by atoms with E-state index in [0.29, 0.717) is 21.3 Å². The molecule has 202 valence electrons. The van der Waals surface area contributed by atoms with Crippen molar-refractivity contribution >= 4 is 50.7 Å². The third kappa shape index (κ3) is 7.49. The number of carbonyl (C=O) groups is 2. The highest BCUT2D eigenvalue weighted by molar-refractivity contribution is 7.92. The maximum absolute atomic E-state index is 13.9. The van der Waals surface area contributed by atoms with Crippen LogP contribution in [-0.2, 0) is 26.2 Å². The molecule has 0 bridgehead atoms. The Labute approximate surface area is 234 Å². The molecule has 0 saturated carbocycles. The lowest BCUT2D eigenvalue weighted by atomic mass is 10.1. The van der Waals surface area contributed by atoms with E-state index in [1.807, 2.05) is 20.8 Å². The maximum Gasteiger partial charge on any atom is 0.264 e. The summed E-state index contributed by atoms with van der Waals surface area (Å²) >= 11 is 12.3. The summed E-state index contributed by atoms with van der Waals surface area (Å²) in [5, 5.41) is 3.55. The van der Waals surface area contributed by atoms with Gasteiger partial charge < -0.3 is 10.2 Å². The highest BCUT2D eigenvalue weighted by Gasteiger charge is 2.33. The van der Waals surface area contributed by atoms with E-state index in [2.05, 4.69) is 5.32 Å². The van der Waals surface area contributed by atoms with Crippen molar-refractivity contribution in [1.82, 2.24) is 10.2 Å². The van der Waals surface area contributed by atoms with Gasteiger partial charge in [0.05, 0.1) is 20.6 Å². The van der Waals surface area contributed by atoms with Crippen LogP contribution in [0.2, 0.25) is 10.0 Å². The molecule has 38 heavy (non-hydrogen) atoms. The number of nitrogens with zero attached hydrogens (tertiary/aromatic N) is 2. The minimum atomic E-state index is -4.10. The van der Waals surface area contributed by atoms with E-state index in [4.69, 9.17) is 23.2 Å². The van der Waals surface area contributed by atoms with Crippen LogP contribution in [0.1, 0.15) is 33.3 Å². The summed E-state index contributed by atoms with van der Waals surface area (Å²) in [5.74, 6) is -0.931. The summed E-state index contributed by atoms with van der Waals surface area (Å²) in [4.78, 5) is 28.4. The van der Waals surface area contributed by atoms with E-state index in [1.54, 1.807) is 73.7 Å². The quantitative estimate of drug-likeness (QED) is 0.364. The number of hydrogen-bond acceptors (Lipinski definition) is 4. The average molecular weight is 577 g/mol. The van der Waals surface area contributed by atoms with E-state index >= 15 is 0 Å². The molecule has 1 atom stereocenters. The maximum atomic E-state index is 13.9. The number of anilines is 1. The number of halogens is 2. The molecule has 0 unspecified atom stereocenters. The molecular formula is C28H31Cl2N3O4S. The van der Waals surface area contributed by atoms with Gasteiger partial charge in [0.15, 0.2) is 0 Å². The number of sulfonamides is 1. The Balaban J connectivity index is 2.01. The van der Waals surface area contributed by atoms with Crippen LogP contribution >= 0.6 is 23.2 Å². The summed E-state index contributed by atoms with van der Waals surface area (Å²) in [6, 6.07) is 20.3. The number of amides is 2. The fourth-order valence-corrected chi connectivity index (χ4v) is 5.49. The Kier molecular flexibility index (Phi) is 9.46. The van der Waals surface area contributed by atoms with Gasteiger partial charge >= 0.3 is 0 Å². The highest BCUT2D eigenvalue weighted by Crippen LogP contribution is 2.26. The SMILES string of the molecule is C[C@H](C(=O)NC(C)(C)C)N(Cc1ccc(Cl)c(Cl)c1)C(=O)CN(c1ccccc1)S(=O)(=O)c1ccccc1. The molecule has 0 aliphatic rings. The molecule has 0 fully saturated rings. The zero-order chi connectivity index (χ0) is 28.1. The predicted molar refractivity (Wildman–Crippen MR) is 152 cm³/mol. The first-order valence-electron chi connectivity index (χ1n) is 12.0. The number of para-hydroxylation sites is 1. The second kappa shape index (κ2) is 12.2. The second-order valence-electron chi connectivity index (χ2n) is 9.85. The van der Waals surface area contributed by atoms with E-state index in [-0.39, 0.29) is 17.3 Å². The molecule has 0 spiro atoms. The molecule has 2 amide bonds. The van der Waals surface area contributed by atoms with Crippen LogP contribution in [-0.4, -0.2) is 43.3 Å². The van der Waals surface area contributed by atoms with Crippen molar-refractivity contribution in [2.24, 2.45) is 0 Å². The van der Waals surface area contributed by atoms with Gasteiger partial charge in [-0.25, -0.2) is 8.42 Å². The van der Waals surface area contributed by atoms with Gasteiger partial charge in [-0.1, -0.05) is 65.7 Å². The summed E-state index contributed by atoms with van der Waals surface area (Å²) in [6.07, 6.45) is 0. The Morgan fingerprint density at radius 3 is 2.03 bits per heavy atom. The van der Waals surface area contributed by atoms with E-state index in [9.17, 15) is 18.0 Å². The molecule has 0 aromatic heterocycles. The summed E-state index contributed by atoms with van der Waals surface area (Å²) < 4.78 is 28.4. The Morgan fingerprint density at radius 1 is 0.895 bits per heavy atom. The van der Waals surface area contributed by atoms with Crippen molar-refractivity contribution in [2.45, 2.75) is 50.7 Å². The van der Waals surface area contributed by atoms with E-state index in [1.165, 1.54) is 17.0 Å². The van der Waals surface area contributed by atoms with Crippen molar-refractivity contribution in [3.63, 3.8) is 0 Å². The Bertz CT molecular complexity index is 1380. The number of carbonyl (C=O) groups excluding carboxylic acids is 2. The topological polar surface area (TPSA) is 86.8 Å². The molecule has 1 N–H and O–H groups in total. The van der Waals surface area contributed by atoms with Gasteiger partial charge in [-0.05, 0) is 69.7 Å². The molecule has 0 aliphatic carbocycles. The number of rotatable bonds is 9. The van der Waals surface area contributed by atoms with Crippen LogP contribution in [0.25, 0.3) is 0 Å². The number of hydrogen-bond donors (Lipinski definition) is 1. The van der Waals surface area contributed by atoms with Gasteiger partial charge in [0, 0.05) is 12.1 Å². The molecule has 10 heteroatoms. The Hall–Kier alpha value is -3.07. The molecule has 3 aromatic rings. The van der Waals surface area contributed by atoms with Crippen LogP contribution in [0.3, 0.4) is 0 Å². The predicted octanol–water partition coefficient (Wildman–Crippen LogP) is 5.52. The summed E-state index contributed by atoms with van der Waals surface area (Å²) in [5.41, 5.74) is 0.433. The molecule has 3 aromatic carbocycles. The van der Waals surface area contributed by atoms with Crippen molar-refractivity contribution in [2.75, 3.05) is 10.8 Å². The lowest BCUT2D eigenvalue weighted by Crippen LogP contribution is -2.54. The van der Waals surface area contributed by atoms with Gasteiger partial charge in [0.2, 0.25) is 11.8 Å². The lowest BCUT2D eigenvalue weighted by molar-refractivity contribution is -0.140. The molecule has 0 radical (unpaired) electrons. The van der Waals surface area contributed by atoms with Crippen molar-refractivity contribution in [3.8, 4) is 0 Å². The first kappa shape index (κ1) is 29.5. The summed E-state index contributed by atoms with van der Waals surface area (Å²) in [6.45, 7) is 6.62. The smallest absolute Gasteiger partial charge is 0.264 e. The van der Waals surface area contributed by atoms with Crippen LogP contribution in [0.5, 0.6) is 0 Å². The third-order valence-corrected chi connectivity index (χ3v) is 8.18. The molecule has 3 rings (SSSR count). The standard InChI is InChI=1S/C28H31Cl2N3O4S/c1-20(27(35)31-28(2,3)4)32(18-21-15-16-24(29)25(30)17-21)26(34)19-33(22-11-7-5-8-12-22)38(36,37)23-13-9-6-10-14-23/h5-17,20H,18-19H2,1-4H3,(H,31,35)/t20-/m1/s1. The minimum absolute atomic E-state index is 0.0163. The largest absolute Gasteiger partial charge is 0.350 e. The highest BCUT2D eigenvalue weighted by atomic mass is 35.5. The van der Waals surface area contributed by atoms with E-state index < -0.39 is 34.1 Å². The van der Waals surface area contributed by atoms with Crippen molar-refractivity contribution in [3.05, 3.63) is 94.5 Å². The zero-order valence-electron chi connectivity index (χ0n) is 21.7. The first-order valence-corrected chi connectivity index (χ1v) is 14.2. The molecular weight excluding hydrogens is 545 g/mol. The van der Waals surface area contributed by atoms with Gasteiger partial charge in [-0.15, -0.1) is 0 Å². The van der Waals surface area contributed by atoms with Gasteiger partial charge in [-0.3, -0.25) is 13.9 Å². The lowest BCUT2D eigenvalue weighted by Gasteiger charge is -2.33. The van der Waals surface area contributed by atoms with Crippen LogP contribution in [0, 0.1) is 0 Å². The summed E-state index contributed by atoms with van der Waals surface area (Å²) in [7, 11) is -4.10. The first-order chi connectivity index (χ1) is 17.8. The van der Waals surface area contributed by atoms with Gasteiger partial charge in [-0.2, -0.15) is 0 Å². The molecule has 0 saturated heterocycles. The zero-order valence-corrected chi connectivity index (χ0v) is 24.0. The fraction of sp³-hybridized carbons (Fsp3) is 0.286. The van der Waals surface area contributed by atoms with Crippen LogP contribution in [0.4, 0.5) is 5.69 Å². The average Bonchev–Trinajstić information content (AvgIpc) is 2.87. The molecule has 0 heterocycles. The Morgan fingerprint density at radius 2 is 1.47 bits per heavy atom. The van der Waals surface area contributed by atoms with Crippen molar-refractivity contribution < 1.29 is 18.0 Å².